The fourth-order valence-electron chi connectivity index (χ4n) is 2.24. The van der Waals surface area contributed by atoms with Crippen LogP contribution in [0, 0.1) is 12.7 Å². The Labute approximate surface area is 127 Å². The molecule has 1 aromatic heterocycles. The first-order chi connectivity index (χ1) is 10.1. The fraction of sp³-hybridized carbons (Fsp3) is 0.176. The van der Waals surface area contributed by atoms with Crippen molar-refractivity contribution in [1.82, 2.24) is 0 Å². The van der Waals surface area contributed by atoms with Crippen LogP contribution >= 0.6 is 11.8 Å². The average Bonchev–Trinajstić information content (AvgIpc) is 2.90. The molecule has 0 bridgehead atoms. The van der Waals surface area contributed by atoms with Gasteiger partial charge in [-0.25, -0.2) is 4.39 Å². The summed E-state index contributed by atoms with van der Waals surface area (Å²) in [5.41, 5.74) is 8.17. The molecular formula is C17H16FNOS. The van der Waals surface area contributed by atoms with E-state index in [0.29, 0.717) is 5.75 Å². The number of fused-ring (bicyclic) bond motifs is 1. The Morgan fingerprint density at radius 3 is 2.76 bits per heavy atom. The molecule has 2 N–H and O–H groups in total. The SMILES string of the molecule is Cc1cccc2cc(C(N)CSc3cccc(F)c3)oc12. The number of rotatable bonds is 4. The topological polar surface area (TPSA) is 39.2 Å². The van der Waals surface area contributed by atoms with Crippen LogP contribution in [0.15, 0.2) is 57.8 Å². The maximum absolute atomic E-state index is 13.1. The molecule has 3 rings (SSSR count). The van der Waals surface area contributed by atoms with Crippen LogP contribution in [0.5, 0.6) is 0 Å². The summed E-state index contributed by atoms with van der Waals surface area (Å²) in [7, 11) is 0. The minimum atomic E-state index is -0.229. The molecule has 3 aromatic rings. The average molecular weight is 301 g/mol. The van der Waals surface area contributed by atoms with Crippen LogP contribution in [0.4, 0.5) is 4.39 Å². The zero-order chi connectivity index (χ0) is 14.8. The third kappa shape index (κ3) is 3.12. The van der Waals surface area contributed by atoms with E-state index >= 15 is 0 Å². The van der Waals surface area contributed by atoms with Gasteiger partial charge in [0.05, 0.1) is 6.04 Å². The molecule has 21 heavy (non-hydrogen) atoms. The highest BCUT2D eigenvalue weighted by molar-refractivity contribution is 7.99. The van der Waals surface area contributed by atoms with E-state index < -0.39 is 0 Å². The van der Waals surface area contributed by atoms with Gasteiger partial charge in [0.2, 0.25) is 0 Å². The van der Waals surface area contributed by atoms with Crippen LogP contribution in [-0.4, -0.2) is 5.75 Å². The molecule has 0 aliphatic rings. The first-order valence-corrected chi connectivity index (χ1v) is 7.75. The van der Waals surface area contributed by atoms with Gasteiger partial charge in [0.1, 0.15) is 17.2 Å². The largest absolute Gasteiger partial charge is 0.459 e. The monoisotopic (exact) mass is 301 g/mol. The van der Waals surface area contributed by atoms with Crippen LogP contribution in [0.1, 0.15) is 17.4 Å². The van der Waals surface area contributed by atoms with Crippen molar-refractivity contribution in [2.45, 2.75) is 17.9 Å². The van der Waals surface area contributed by atoms with E-state index in [1.807, 2.05) is 37.3 Å². The number of furan rings is 1. The molecule has 108 valence electrons. The van der Waals surface area contributed by atoms with Gasteiger partial charge in [0, 0.05) is 16.0 Å². The first kappa shape index (κ1) is 14.2. The van der Waals surface area contributed by atoms with E-state index in [1.54, 1.807) is 6.07 Å². The van der Waals surface area contributed by atoms with Gasteiger partial charge in [-0.05, 0) is 36.8 Å². The van der Waals surface area contributed by atoms with Crippen molar-refractivity contribution in [1.29, 1.82) is 0 Å². The zero-order valence-corrected chi connectivity index (χ0v) is 12.5. The summed E-state index contributed by atoms with van der Waals surface area (Å²) in [6.07, 6.45) is 0. The Bertz CT molecular complexity index is 768. The third-order valence-electron chi connectivity index (χ3n) is 3.35. The Morgan fingerprint density at radius 2 is 2.00 bits per heavy atom. The lowest BCUT2D eigenvalue weighted by atomic mass is 10.1. The summed E-state index contributed by atoms with van der Waals surface area (Å²) < 4.78 is 19.0. The molecule has 1 atom stereocenters. The van der Waals surface area contributed by atoms with Crippen molar-refractivity contribution in [3.8, 4) is 0 Å². The van der Waals surface area contributed by atoms with Crippen molar-refractivity contribution < 1.29 is 8.81 Å². The summed E-state index contributed by atoms with van der Waals surface area (Å²) in [5.74, 6) is 1.18. The normalized spacial score (nSPS) is 12.7. The Kier molecular flexibility index (Phi) is 3.99. The highest BCUT2D eigenvalue weighted by Gasteiger charge is 2.13. The molecule has 2 aromatic carbocycles. The molecule has 1 heterocycles. The van der Waals surface area contributed by atoms with Gasteiger partial charge in [-0.2, -0.15) is 0 Å². The number of hydrogen-bond acceptors (Lipinski definition) is 3. The van der Waals surface area contributed by atoms with Crippen LogP contribution < -0.4 is 5.73 Å². The second-order valence-electron chi connectivity index (χ2n) is 5.02. The molecule has 0 amide bonds. The predicted octanol–water partition coefficient (Wildman–Crippen LogP) is 4.67. The molecule has 0 spiro atoms. The lowest BCUT2D eigenvalue weighted by Crippen LogP contribution is -2.11. The molecule has 2 nitrogen and oxygen atoms in total. The van der Waals surface area contributed by atoms with Gasteiger partial charge in [-0.15, -0.1) is 11.8 Å². The minimum absolute atomic E-state index is 0.218. The second-order valence-corrected chi connectivity index (χ2v) is 6.11. The molecule has 0 saturated carbocycles. The van der Waals surface area contributed by atoms with Crippen LogP contribution in [0.2, 0.25) is 0 Å². The summed E-state index contributed by atoms with van der Waals surface area (Å²) in [6, 6.07) is 14.3. The maximum atomic E-state index is 13.1. The lowest BCUT2D eigenvalue weighted by molar-refractivity contribution is 0.514. The molecule has 4 heteroatoms. The lowest BCUT2D eigenvalue weighted by Gasteiger charge is -2.08. The van der Waals surface area contributed by atoms with Crippen molar-refractivity contribution in [3.05, 3.63) is 65.7 Å². The van der Waals surface area contributed by atoms with Gasteiger partial charge in [-0.3, -0.25) is 0 Å². The van der Waals surface area contributed by atoms with E-state index in [-0.39, 0.29) is 11.9 Å². The number of aryl methyl sites for hydroxylation is 1. The number of halogens is 1. The van der Waals surface area contributed by atoms with Crippen molar-refractivity contribution >= 4 is 22.7 Å². The Hall–Kier alpha value is -1.78. The predicted molar refractivity (Wildman–Crippen MR) is 85.0 cm³/mol. The maximum Gasteiger partial charge on any atom is 0.137 e. The van der Waals surface area contributed by atoms with Crippen LogP contribution in [0.25, 0.3) is 11.0 Å². The molecule has 1 unspecified atom stereocenters. The van der Waals surface area contributed by atoms with Crippen LogP contribution in [-0.2, 0) is 0 Å². The molecule has 0 saturated heterocycles. The van der Waals surface area contributed by atoms with Crippen molar-refractivity contribution in [3.63, 3.8) is 0 Å². The Morgan fingerprint density at radius 1 is 1.19 bits per heavy atom. The third-order valence-corrected chi connectivity index (χ3v) is 4.46. The highest BCUT2D eigenvalue weighted by Crippen LogP contribution is 2.29. The van der Waals surface area contributed by atoms with Crippen molar-refractivity contribution in [2.75, 3.05) is 5.75 Å². The van der Waals surface area contributed by atoms with E-state index in [2.05, 4.69) is 0 Å². The zero-order valence-electron chi connectivity index (χ0n) is 11.7. The van der Waals surface area contributed by atoms with Gasteiger partial charge in [0.15, 0.2) is 0 Å². The van der Waals surface area contributed by atoms with E-state index in [0.717, 1.165) is 27.2 Å². The Balaban J connectivity index is 1.75. The molecule has 0 fully saturated rings. The summed E-state index contributed by atoms with van der Waals surface area (Å²) in [5, 5.41) is 1.07. The fourth-order valence-corrected chi connectivity index (χ4v) is 3.14. The second kappa shape index (κ2) is 5.92. The van der Waals surface area contributed by atoms with Gasteiger partial charge < -0.3 is 10.2 Å². The van der Waals surface area contributed by atoms with E-state index in [9.17, 15) is 4.39 Å². The van der Waals surface area contributed by atoms with Crippen molar-refractivity contribution in [2.24, 2.45) is 5.73 Å². The smallest absolute Gasteiger partial charge is 0.137 e. The highest BCUT2D eigenvalue weighted by atomic mass is 32.2. The minimum Gasteiger partial charge on any atom is -0.459 e. The molecule has 0 aliphatic heterocycles. The molecular weight excluding hydrogens is 285 g/mol. The standard InChI is InChI=1S/C17H16FNOS/c1-11-4-2-5-12-8-16(20-17(11)12)15(19)10-21-14-7-3-6-13(18)9-14/h2-9,15H,10,19H2,1H3. The summed E-state index contributed by atoms with van der Waals surface area (Å²) in [6.45, 7) is 2.02. The van der Waals surface area contributed by atoms with E-state index in [4.69, 9.17) is 10.2 Å². The number of thioether (sulfide) groups is 1. The number of hydrogen-bond donors (Lipinski definition) is 1. The van der Waals surface area contributed by atoms with Crippen LogP contribution in [0.3, 0.4) is 0 Å². The number of para-hydroxylation sites is 1. The van der Waals surface area contributed by atoms with Gasteiger partial charge in [0.25, 0.3) is 0 Å². The van der Waals surface area contributed by atoms with Gasteiger partial charge >= 0.3 is 0 Å². The first-order valence-electron chi connectivity index (χ1n) is 6.76. The quantitative estimate of drug-likeness (QED) is 0.712. The number of benzene rings is 2. The summed E-state index contributed by atoms with van der Waals surface area (Å²) >= 11 is 1.53. The van der Waals surface area contributed by atoms with Gasteiger partial charge in [-0.1, -0.05) is 24.3 Å². The summed E-state index contributed by atoms with van der Waals surface area (Å²) in [4.78, 5) is 0.873. The van der Waals surface area contributed by atoms with E-state index in [1.165, 1.54) is 23.9 Å². The number of nitrogens with two attached hydrogens (primary N) is 1. The molecule has 0 aliphatic carbocycles. The molecule has 0 radical (unpaired) electrons.